The highest BCUT2D eigenvalue weighted by Gasteiger charge is 2.25. The number of nitrogens with one attached hydrogen (secondary N) is 1. The summed E-state index contributed by atoms with van der Waals surface area (Å²) in [6.45, 7) is 0. The molecular weight excluding hydrogens is 381 g/mol. The van der Waals surface area contributed by atoms with Crippen LogP contribution in [0.4, 0.5) is 10.1 Å². The van der Waals surface area contributed by atoms with E-state index in [1.165, 1.54) is 24.3 Å². The first-order valence-electron chi connectivity index (χ1n) is 8.56. The molecule has 6 heteroatoms. The summed E-state index contributed by atoms with van der Waals surface area (Å²) in [5, 5.41) is 3.21. The molecule has 0 saturated heterocycles. The molecule has 1 atom stereocenters. The molecule has 3 aromatic rings. The third-order valence-electron chi connectivity index (χ3n) is 3.96. The Bertz CT molecular complexity index is 944. The fourth-order valence-electron chi connectivity index (χ4n) is 2.58. The van der Waals surface area contributed by atoms with E-state index in [1.54, 1.807) is 54.6 Å². The largest absolute Gasteiger partial charge is 0.447 e. The van der Waals surface area contributed by atoms with Crippen molar-refractivity contribution < 1.29 is 18.7 Å². The molecule has 28 heavy (non-hydrogen) atoms. The summed E-state index contributed by atoms with van der Waals surface area (Å²) in [5.41, 5.74) is 1.66. The van der Waals surface area contributed by atoms with Crippen molar-refractivity contribution >= 4 is 29.2 Å². The summed E-state index contributed by atoms with van der Waals surface area (Å²) in [6.07, 6.45) is -1.13. The fraction of sp³-hybridized carbons (Fsp3) is 0.0909. The van der Waals surface area contributed by atoms with E-state index in [-0.39, 0.29) is 6.42 Å². The number of benzene rings is 3. The molecule has 0 aliphatic heterocycles. The number of rotatable bonds is 6. The van der Waals surface area contributed by atoms with Crippen LogP contribution < -0.4 is 5.32 Å². The highest BCUT2D eigenvalue weighted by Crippen LogP contribution is 2.21. The lowest BCUT2D eigenvalue weighted by Gasteiger charge is -2.18. The molecule has 142 valence electrons. The van der Waals surface area contributed by atoms with Crippen molar-refractivity contribution in [2.24, 2.45) is 0 Å². The van der Waals surface area contributed by atoms with Gasteiger partial charge in [0.15, 0.2) is 0 Å². The minimum atomic E-state index is -1.13. The van der Waals surface area contributed by atoms with Crippen LogP contribution in [0.15, 0.2) is 78.9 Å². The number of amides is 1. The Hall–Kier alpha value is -3.18. The predicted octanol–water partition coefficient (Wildman–Crippen LogP) is 4.94. The van der Waals surface area contributed by atoms with Crippen molar-refractivity contribution in [3.05, 3.63) is 101 Å². The van der Waals surface area contributed by atoms with Gasteiger partial charge in [-0.1, -0.05) is 54.1 Å². The van der Waals surface area contributed by atoms with Crippen LogP contribution in [0, 0.1) is 5.82 Å². The number of ether oxygens (including phenoxy) is 1. The van der Waals surface area contributed by atoms with Crippen LogP contribution in [0.5, 0.6) is 0 Å². The second-order valence-electron chi connectivity index (χ2n) is 6.08. The molecular formula is C22H17ClFNO3. The Balaban J connectivity index is 1.75. The van der Waals surface area contributed by atoms with Crippen molar-refractivity contribution in [2.45, 2.75) is 12.5 Å². The van der Waals surface area contributed by atoms with Crippen molar-refractivity contribution in [3.8, 4) is 0 Å². The van der Waals surface area contributed by atoms with E-state index in [1.807, 2.05) is 0 Å². The number of hydrogen-bond donors (Lipinski definition) is 1. The van der Waals surface area contributed by atoms with Crippen molar-refractivity contribution in [1.82, 2.24) is 0 Å². The van der Waals surface area contributed by atoms with Crippen LogP contribution in [0.1, 0.15) is 17.2 Å². The lowest BCUT2D eigenvalue weighted by atomic mass is 10.1. The van der Waals surface area contributed by atoms with Crippen molar-refractivity contribution in [3.63, 3.8) is 0 Å². The van der Waals surface area contributed by atoms with Gasteiger partial charge in [-0.3, -0.25) is 9.59 Å². The van der Waals surface area contributed by atoms with Crippen LogP contribution >= 0.6 is 11.6 Å². The van der Waals surface area contributed by atoms with E-state index in [4.69, 9.17) is 16.3 Å². The average molecular weight is 398 g/mol. The van der Waals surface area contributed by atoms with Gasteiger partial charge in [-0.2, -0.15) is 0 Å². The first kappa shape index (κ1) is 19.6. The molecule has 0 aliphatic rings. The standard InChI is InChI=1S/C22H17ClFNO3/c23-17-8-6-15(7-9-17)14-20(26)28-21(16-4-2-1-3-5-16)22(27)25-19-12-10-18(24)11-13-19/h1-13,21H,14H2,(H,25,27)/t21-/m0/s1. The van der Waals surface area contributed by atoms with Crippen LogP contribution in [0.25, 0.3) is 0 Å². The van der Waals surface area contributed by atoms with E-state index in [0.29, 0.717) is 16.3 Å². The molecule has 4 nitrogen and oxygen atoms in total. The summed E-state index contributed by atoms with van der Waals surface area (Å²) in [6, 6.07) is 20.8. The van der Waals surface area contributed by atoms with E-state index in [9.17, 15) is 14.0 Å². The number of anilines is 1. The van der Waals surface area contributed by atoms with E-state index < -0.39 is 23.8 Å². The van der Waals surface area contributed by atoms with E-state index >= 15 is 0 Å². The van der Waals surface area contributed by atoms with E-state index in [2.05, 4.69) is 5.32 Å². The van der Waals surface area contributed by atoms with Crippen LogP contribution in [-0.4, -0.2) is 11.9 Å². The number of carbonyl (C=O) groups is 2. The Kier molecular flexibility index (Phi) is 6.40. The molecule has 1 N–H and O–H groups in total. The molecule has 0 saturated carbocycles. The van der Waals surface area contributed by atoms with Gasteiger partial charge in [0.25, 0.3) is 5.91 Å². The maximum atomic E-state index is 13.1. The minimum Gasteiger partial charge on any atom is -0.447 e. The van der Waals surface area contributed by atoms with Crippen LogP contribution in [-0.2, 0) is 20.7 Å². The van der Waals surface area contributed by atoms with Crippen LogP contribution in [0.2, 0.25) is 5.02 Å². The number of carbonyl (C=O) groups excluding carboxylic acids is 2. The summed E-state index contributed by atoms with van der Waals surface area (Å²) in [5.74, 6) is -1.49. The maximum Gasteiger partial charge on any atom is 0.311 e. The molecule has 0 aliphatic carbocycles. The second-order valence-corrected chi connectivity index (χ2v) is 6.52. The zero-order chi connectivity index (χ0) is 19.9. The number of esters is 1. The maximum absolute atomic E-state index is 13.1. The van der Waals surface area contributed by atoms with Gasteiger partial charge in [0.1, 0.15) is 5.82 Å². The van der Waals surface area contributed by atoms with Gasteiger partial charge in [-0.25, -0.2) is 4.39 Å². The normalized spacial score (nSPS) is 11.5. The summed E-state index contributed by atoms with van der Waals surface area (Å²) < 4.78 is 18.5. The second kappa shape index (κ2) is 9.15. The molecule has 3 aromatic carbocycles. The quantitative estimate of drug-likeness (QED) is 0.599. The summed E-state index contributed by atoms with van der Waals surface area (Å²) >= 11 is 5.85. The predicted molar refractivity (Wildman–Crippen MR) is 105 cm³/mol. The molecule has 0 radical (unpaired) electrons. The monoisotopic (exact) mass is 397 g/mol. The Morgan fingerprint density at radius 3 is 2.21 bits per heavy atom. The molecule has 1 amide bonds. The third kappa shape index (κ3) is 5.41. The summed E-state index contributed by atoms with van der Waals surface area (Å²) in [4.78, 5) is 25.1. The molecule has 0 heterocycles. The number of halogens is 2. The lowest BCUT2D eigenvalue weighted by Crippen LogP contribution is -2.26. The lowest BCUT2D eigenvalue weighted by molar-refractivity contribution is -0.154. The van der Waals surface area contributed by atoms with Gasteiger partial charge < -0.3 is 10.1 Å². The zero-order valence-electron chi connectivity index (χ0n) is 14.8. The summed E-state index contributed by atoms with van der Waals surface area (Å²) in [7, 11) is 0. The first-order chi connectivity index (χ1) is 13.5. The van der Waals surface area contributed by atoms with Crippen molar-refractivity contribution in [1.29, 1.82) is 0 Å². The van der Waals surface area contributed by atoms with Gasteiger partial charge in [0.05, 0.1) is 6.42 Å². The Labute approximate surface area is 166 Å². The SMILES string of the molecule is O=C(Cc1ccc(Cl)cc1)O[C@H](C(=O)Nc1ccc(F)cc1)c1ccccc1. The molecule has 0 unspecified atom stereocenters. The van der Waals surface area contributed by atoms with Gasteiger partial charge >= 0.3 is 5.97 Å². The molecule has 3 rings (SSSR count). The van der Waals surface area contributed by atoms with Gasteiger partial charge in [-0.05, 0) is 42.0 Å². The zero-order valence-corrected chi connectivity index (χ0v) is 15.5. The highest BCUT2D eigenvalue weighted by atomic mass is 35.5. The molecule has 0 spiro atoms. The van der Waals surface area contributed by atoms with E-state index in [0.717, 1.165) is 5.56 Å². The third-order valence-corrected chi connectivity index (χ3v) is 4.22. The fourth-order valence-corrected chi connectivity index (χ4v) is 2.71. The molecule has 0 fully saturated rings. The van der Waals surface area contributed by atoms with Gasteiger partial charge in [0, 0.05) is 16.3 Å². The minimum absolute atomic E-state index is 0.00430. The molecule has 0 aromatic heterocycles. The van der Waals surface area contributed by atoms with Gasteiger partial charge in [0.2, 0.25) is 6.10 Å². The highest BCUT2D eigenvalue weighted by molar-refractivity contribution is 6.30. The topological polar surface area (TPSA) is 55.4 Å². The molecule has 0 bridgehead atoms. The number of hydrogen-bond acceptors (Lipinski definition) is 3. The first-order valence-corrected chi connectivity index (χ1v) is 8.94. The van der Waals surface area contributed by atoms with Crippen molar-refractivity contribution in [2.75, 3.05) is 5.32 Å². The van der Waals surface area contributed by atoms with Gasteiger partial charge in [-0.15, -0.1) is 0 Å². The van der Waals surface area contributed by atoms with Crippen LogP contribution in [0.3, 0.4) is 0 Å². The Morgan fingerprint density at radius 1 is 0.929 bits per heavy atom. The Morgan fingerprint density at radius 2 is 1.57 bits per heavy atom. The smallest absolute Gasteiger partial charge is 0.311 e. The average Bonchev–Trinajstić information content (AvgIpc) is 2.70.